The molecule has 4 atom stereocenters. The van der Waals surface area contributed by atoms with Gasteiger partial charge in [-0.15, -0.1) is 11.3 Å². The number of carbonyl (C=O) groups is 7. The number of amides is 6. The number of nitrogens with two attached hydrogens (primary N) is 1. The van der Waals surface area contributed by atoms with Crippen molar-refractivity contribution < 1.29 is 43.4 Å². The quantitative estimate of drug-likeness (QED) is 0.0524. The van der Waals surface area contributed by atoms with Gasteiger partial charge in [-0.1, -0.05) is 54.6 Å². The lowest BCUT2D eigenvalue weighted by Gasteiger charge is -2.35. The van der Waals surface area contributed by atoms with E-state index in [1.165, 1.54) is 31.5 Å². The van der Waals surface area contributed by atoms with Gasteiger partial charge in [0.25, 0.3) is 0 Å². The fourth-order valence-electron chi connectivity index (χ4n) is 6.61. The SMILES string of the molecule is CN(C(=O)[C@H](CCCCNC(=O)/C=C/c1cccs1)NC(=O)[C@H](Cc1c[nH]c2ccccc12)NC(=O)OC(C)(C)C)[C@@H](CC(=O)O)C(=O)N(C)[C@@H](Cc1ccccc1)C(N)=O. The van der Waals surface area contributed by atoms with Crippen molar-refractivity contribution in [1.29, 1.82) is 0 Å². The summed E-state index contributed by atoms with van der Waals surface area (Å²) in [4.78, 5) is 99.3. The van der Waals surface area contributed by atoms with Crippen molar-refractivity contribution in [2.24, 2.45) is 5.73 Å². The average Bonchev–Trinajstić information content (AvgIpc) is 3.89. The molecule has 326 valence electrons. The number of unbranched alkanes of at least 4 members (excludes halogenated alkanes) is 1. The molecule has 0 bridgehead atoms. The number of nitrogens with zero attached hydrogens (tertiary/aromatic N) is 2. The normalized spacial score (nSPS) is 13.4. The zero-order valence-electron chi connectivity index (χ0n) is 35.0. The molecule has 0 saturated carbocycles. The minimum absolute atomic E-state index is 0.00228. The van der Waals surface area contributed by atoms with Gasteiger partial charge in [-0.2, -0.15) is 0 Å². The highest BCUT2D eigenvalue weighted by Crippen LogP contribution is 2.21. The summed E-state index contributed by atoms with van der Waals surface area (Å²) in [5.41, 5.74) is 7.04. The van der Waals surface area contributed by atoms with Crippen LogP contribution in [0.5, 0.6) is 0 Å². The van der Waals surface area contributed by atoms with E-state index in [-0.39, 0.29) is 31.7 Å². The summed E-state index contributed by atoms with van der Waals surface area (Å²) < 4.78 is 5.47. The van der Waals surface area contributed by atoms with Crippen LogP contribution < -0.4 is 21.7 Å². The van der Waals surface area contributed by atoms with Crippen molar-refractivity contribution in [1.82, 2.24) is 30.7 Å². The molecular formula is C44H55N7O9S. The molecule has 7 N–H and O–H groups in total. The molecule has 2 aromatic heterocycles. The van der Waals surface area contributed by atoms with Crippen LogP contribution in [-0.2, 0) is 46.3 Å². The lowest BCUT2D eigenvalue weighted by atomic mass is 10.0. The Balaban J connectivity index is 1.59. The number of carbonyl (C=O) groups excluding carboxylic acids is 6. The highest BCUT2D eigenvalue weighted by atomic mass is 32.1. The predicted octanol–water partition coefficient (Wildman–Crippen LogP) is 4.01. The van der Waals surface area contributed by atoms with Gasteiger partial charge in [0.15, 0.2) is 0 Å². The monoisotopic (exact) mass is 857 g/mol. The third-order valence-electron chi connectivity index (χ3n) is 9.77. The number of aromatic nitrogens is 1. The van der Waals surface area contributed by atoms with Crippen LogP contribution in [0.1, 0.15) is 62.5 Å². The molecule has 4 aromatic rings. The third-order valence-corrected chi connectivity index (χ3v) is 10.6. The molecule has 0 aliphatic rings. The van der Waals surface area contributed by atoms with Crippen molar-refractivity contribution >= 4 is 69.9 Å². The summed E-state index contributed by atoms with van der Waals surface area (Å²) in [6, 6.07) is 14.6. The van der Waals surface area contributed by atoms with E-state index in [1.807, 2.05) is 41.8 Å². The molecule has 4 rings (SSSR count). The highest BCUT2D eigenvalue weighted by molar-refractivity contribution is 7.10. The summed E-state index contributed by atoms with van der Waals surface area (Å²) in [7, 11) is 2.56. The number of benzene rings is 2. The van der Waals surface area contributed by atoms with Crippen molar-refractivity contribution in [2.75, 3.05) is 20.6 Å². The number of aromatic amines is 1. The Kier molecular flexibility index (Phi) is 17.2. The first-order chi connectivity index (χ1) is 28.9. The second-order valence-electron chi connectivity index (χ2n) is 15.6. The molecule has 61 heavy (non-hydrogen) atoms. The van der Waals surface area contributed by atoms with Crippen LogP contribution in [0.2, 0.25) is 0 Å². The molecule has 16 nitrogen and oxygen atoms in total. The molecule has 0 unspecified atom stereocenters. The standard InChI is InChI=1S/C44H55N7O9S/c1-44(2,3)60-43(59)49-34(25-29-27-47-32-18-10-9-17-31(29)32)40(56)48-33(19-11-12-22-46-37(52)21-20-30-16-13-23-61-30)41(57)51(5)36(26-38(53)54)42(58)50(4)35(39(45)55)24-28-14-7-6-8-15-28/h6-10,13-18,20-21,23,27,33-36,47H,11-12,19,22,24-26H2,1-5H3,(H2,45,55)(H,46,52)(H,48,56)(H,49,59)(H,53,54)/b21-20+/t33-,34-,35-,36-/m0/s1. The lowest BCUT2D eigenvalue weighted by Crippen LogP contribution is -2.59. The Hall–Kier alpha value is -6.49. The van der Waals surface area contributed by atoms with Gasteiger partial charge in [0.05, 0.1) is 6.42 Å². The number of alkyl carbamates (subject to hydrolysis) is 1. The van der Waals surface area contributed by atoms with Crippen molar-refractivity contribution in [3.8, 4) is 0 Å². The van der Waals surface area contributed by atoms with Gasteiger partial charge in [0, 0.05) is 61.5 Å². The molecule has 2 aromatic carbocycles. The van der Waals surface area contributed by atoms with Crippen molar-refractivity contribution in [3.63, 3.8) is 0 Å². The Morgan fingerprint density at radius 3 is 2.20 bits per heavy atom. The first kappa shape index (κ1) is 47.2. The summed E-state index contributed by atoms with van der Waals surface area (Å²) >= 11 is 1.48. The molecule has 6 amide bonds. The van der Waals surface area contributed by atoms with E-state index < -0.39 is 71.9 Å². The van der Waals surface area contributed by atoms with Gasteiger partial charge in [0.2, 0.25) is 29.5 Å². The number of aliphatic carboxylic acids is 1. The number of hydrogen-bond donors (Lipinski definition) is 6. The smallest absolute Gasteiger partial charge is 0.408 e. The Morgan fingerprint density at radius 1 is 0.852 bits per heavy atom. The van der Waals surface area contributed by atoms with E-state index >= 15 is 0 Å². The number of rotatable bonds is 21. The van der Waals surface area contributed by atoms with E-state index in [2.05, 4.69) is 20.9 Å². The minimum Gasteiger partial charge on any atom is -0.481 e. The van der Waals surface area contributed by atoms with Crippen LogP contribution in [0.4, 0.5) is 4.79 Å². The number of primary amides is 1. The number of para-hydroxylation sites is 1. The Labute approximate surface area is 358 Å². The van der Waals surface area contributed by atoms with Crippen LogP contribution in [-0.4, -0.2) is 112 Å². The van der Waals surface area contributed by atoms with Crippen LogP contribution in [0.3, 0.4) is 0 Å². The van der Waals surface area contributed by atoms with Crippen LogP contribution >= 0.6 is 11.3 Å². The number of nitrogens with one attached hydrogen (secondary N) is 4. The van der Waals surface area contributed by atoms with E-state index in [0.29, 0.717) is 24.0 Å². The number of fused-ring (bicyclic) bond motifs is 1. The molecule has 0 aliphatic carbocycles. The molecule has 0 aliphatic heterocycles. The number of carboxylic acid groups (broad SMARTS) is 1. The number of ether oxygens (including phenoxy) is 1. The molecular weight excluding hydrogens is 803 g/mol. The van der Waals surface area contributed by atoms with E-state index in [0.717, 1.165) is 25.6 Å². The molecule has 0 fully saturated rings. The Bertz CT molecular complexity index is 2170. The zero-order valence-corrected chi connectivity index (χ0v) is 35.8. The second-order valence-corrected chi connectivity index (χ2v) is 16.6. The minimum atomic E-state index is -1.61. The topological polar surface area (TPSA) is 233 Å². The molecule has 17 heteroatoms. The third kappa shape index (κ3) is 14.6. The fraction of sp³-hybridized carbons (Fsp3) is 0.386. The maximum Gasteiger partial charge on any atom is 0.408 e. The summed E-state index contributed by atoms with van der Waals surface area (Å²) in [6.45, 7) is 5.26. The van der Waals surface area contributed by atoms with Gasteiger partial charge in [-0.05, 0) is 74.7 Å². The van der Waals surface area contributed by atoms with Crippen molar-refractivity contribution in [2.45, 2.75) is 89.1 Å². The van der Waals surface area contributed by atoms with Crippen molar-refractivity contribution in [3.05, 3.63) is 100 Å². The van der Waals surface area contributed by atoms with Gasteiger partial charge in [0.1, 0.15) is 29.8 Å². The van der Waals surface area contributed by atoms with Gasteiger partial charge in [-0.25, -0.2) is 4.79 Å². The van der Waals surface area contributed by atoms with Gasteiger partial charge in [-0.3, -0.25) is 28.8 Å². The number of likely N-dealkylation sites (N-methyl/N-ethyl adjacent to an activating group) is 2. The van der Waals surface area contributed by atoms with E-state index in [1.54, 1.807) is 63.4 Å². The number of carboxylic acids is 1. The number of H-pyrrole nitrogens is 1. The van der Waals surface area contributed by atoms with Gasteiger partial charge >= 0.3 is 12.1 Å². The van der Waals surface area contributed by atoms with Crippen LogP contribution in [0.25, 0.3) is 17.0 Å². The van der Waals surface area contributed by atoms with Crippen LogP contribution in [0, 0.1) is 0 Å². The second kappa shape index (κ2) is 22.2. The fourth-order valence-corrected chi connectivity index (χ4v) is 7.22. The first-order valence-corrected chi connectivity index (χ1v) is 20.7. The average molecular weight is 858 g/mol. The molecule has 0 radical (unpaired) electrons. The van der Waals surface area contributed by atoms with Crippen LogP contribution in [0.15, 0.2) is 84.4 Å². The van der Waals surface area contributed by atoms with E-state index in [4.69, 9.17) is 10.5 Å². The Morgan fingerprint density at radius 2 is 1.54 bits per heavy atom. The summed E-state index contributed by atoms with van der Waals surface area (Å²) in [6.07, 6.45) is 3.86. The maximum absolute atomic E-state index is 14.5. The first-order valence-electron chi connectivity index (χ1n) is 19.9. The van der Waals surface area contributed by atoms with E-state index in [9.17, 15) is 38.7 Å². The zero-order chi connectivity index (χ0) is 44.7. The molecule has 0 saturated heterocycles. The summed E-state index contributed by atoms with van der Waals surface area (Å²) in [5, 5.41) is 20.8. The highest BCUT2D eigenvalue weighted by Gasteiger charge is 2.38. The number of hydrogen-bond acceptors (Lipinski definition) is 9. The number of thiophene rings is 1. The summed E-state index contributed by atoms with van der Waals surface area (Å²) in [5.74, 6) is -4.94. The lowest BCUT2D eigenvalue weighted by molar-refractivity contribution is -0.152. The molecule has 0 spiro atoms. The largest absolute Gasteiger partial charge is 0.481 e. The van der Waals surface area contributed by atoms with Gasteiger partial charge < -0.3 is 46.3 Å². The maximum atomic E-state index is 14.5. The molecule has 2 heterocycles. The predicted molar refractivity (Wildman–Crippen MR) is 232 cm³/mol.